The zero-order valence-corrected chi connectivity index (χ0v) is 15.5. The minimum absolute atomic E-state index is 0.0236. The van der Waals surface area contributed by atoms with Gasteiger partial charge in [0.05, 0.1) is 0 Å². The summed E-state index contributed by atoms with van der Waals surface area (Å²) in [6, 6.07) is 7.09. The molecule has 1 saturated heterocycles. The molecule has 0 saturated carbocycles. The maximum atomic E-state index is 12.5. The van der Waals surface area contributed by atoms with Gasteiger partial charge in [-0.3, -0.25) is 14.4 Å². The summed E-state index contributed by atoms with van der Waals surface area (Å²) in [6.45, 7) is 7.00. The molecule has 0 aliphatic carbocycles. The van der Waals surface area contributed by atoms with E-state index in [1.54, 1.807) is 28.0 Å². The first-order valence-electron chi connectivity index (χ1n) is 9.07. The lowest BCUT2D eigenvalue weighted by molar-refractivity contribution is -0.137. The molecule has 136 valence electrons. The van der Waals surface area contributed by atoms with E-state index in [9.17, 15) is 14.4 Å². The first kappa shape index (κ1) is 19.2. The van der Waals surface area contributed by atoms with E-state index in [4.69, 9.17) is 0 Å². The van der Waals surface area contributed by atoms with Crippen LogP contribution in [-0.4, -0.2) is 42.1 Å². The van der Waals surface area contributed by atoms with Crippen molar-refractivity contribution in [1.29, 1.82) is 0 Å². The number of anilines is 1. The van der Waals surface area contributed by atoms with Crippen LogP contribution in [0.3, 0.4) is 0 Å². The molecule has 0 atom stereocenters. The number of carbonyl (C=O) groups is 3. The lowest BCUT2D eigenvalue weighted by Crippen LogP contribution is -2.52. The number of nitrogens with zero attached hydrogens (tertiary/aromatic N) is 2. The normalized spacial score (nSPS) is 15.0. The number of piperazine rings is 1. The van der Waals surface area contributed by atoms with Gasteiger partial charge in [-0.1, -0.05) is 38.8 Å². The van der Waals surface area contributed by atoms with Crippen LogP contribution < -0.4 is 4.90 Å². The number of rotatable bonds is 7. The van der Waals surface area contributed by atoms with E-state index < -0.39 is 0 Å². The highest BCUT2D eigenvalue weighted by molar-refractivity contribution is 6.00. The Labute approximate surface area is 150 Å². The van der Waals surface area contributed by atoms with Gasteiger partial charge in [-0.05, 0) is 31.4 Å². The van der Waals surface area contributed by atoms with Gasteiger partial charge in [0.25, 0.3) is 0 Å². The number of unbranched alkanes of at least 4 members (excludes halogenated alkanes) is 1. The summed E-state index contributed by atoms with van der Waals surface area (Å²) in [5.41, 5.74) is 1.32. The molecule has 0 radical (unpaired) electrons. The third kappa shape index (κ3) is 5.41. The highest BCUT2D eigenvalue weighted by atomic mass is 16.2. The van der Waals surface area contributed by atoms with E-state index in [1.807, 2.05) is 6.07 Å². The number of hydrogen-bond acceptors (Lipinski definition) is 3. The first-order valence-corrected chi connectivity index (χ1v) is 9.07. The average molecular weight is 344 g/mol. The molecular weight excluding hydrogens is 316 g/mol. The fraction of sp³-hybridized carbons (Fsp3) is 0.550. The second-order valence-corrected chi connectivity index (χ2v) is 7.11. The topological polar surface area (TPSA) is 57.7 Å². The van der Waals surface area contributed by atoms with Crippen molar-refractivity contribution in [2.75, 3.05) is 24.5 Å². The third-order valence-corrected chi connectivity index (χ3v) is 4.56. The molecule has 1 aliphatic heterocycles. The van der Waals surface area contributed by atoms with Gasteiger partial charge >= 0.3 is 0 Å². The van der Waals surface area contributed by atoms with Crippen molar-refractivity contribution in [3.05, 3.63) is 29.8 Å². The standard InChI is InChI=1S/C20H28N2O3/c1-15(2)7-4-5-10-19(24)21-11-12-22(20(25)14-21)18-9-6-8-17(13-18)16(3)23/h6,8-9,13,15H,4-5,7,10-12,14H2,1-3H3. The summed E-state index contributed by atoms with van der Waals surface area (Å²) >= 11 is 0. The van der Waals surface area contributed by atoms with Crippen molar-refractivity contribution in [1.82, 2.24) is 4.90 Å². The van der Waals surface area contributed by atoms with E-state index in [-0.39, 0.29) is 24.1 Å². The van der Waals surface area contributed by atoms with Crippen molar-refractivity contribution >= 4 is 23.3 Å². The Hall–Kier alpha value is -2.17. The maximum Gasteiger partial charge on any atom is 0.246 e. The van der Waals surface area contributed by atoms with Crippen molar-refractivity contribution < 1.29 is 14.4 Å². The van der Waals surface area contributed by atoms with Crippen LogP contribution in [0.25, 0.3) is 0 Å². The Morgan fingerprint density at radius 2 is 1.92 bits per heavy atom. The number of amides is 2. The molecule has 0 spiro atoms. The second kappa shape index (κ2) is 8.79. The highest BCUT2D eigenvalue weighted by Crippen LogP contribution is 2.20. The number of hydrogen-bond donors (Lipinski definition) is 0. The fourth-order valence-electron chi connectivity index (χ4n) is 3.04. The largest absolute Gasteiger partial charge is 0.332 e. The van der Waals surface area contributed by atoms with E-state index in [2.05, 4.69) is 13.8 Å². The van der Waals surface area contributed by atoms with Crippen LogP contribution in [-0.2, 0) is 9.59 Å². The Balaban J connectivity index is 1.89. The van der Waals surface area contributed by atoms with Crippen LogP contribution in [0, 0.1) is 5.92 Å². The summed E-state index contributed by atoms with van der Waals surface area (Å²) < 4.78 is 0. The minimum Gasteiger partial charge on any atom is -0.332 e. The van der Waals surface area contributed by atoms with Crippen molar-refractivity contribution in [2.24, 2.45) is 5.92 Å². The van der Waals surface area contributed by atoms with E-state index in [0.717, 1.165) is 24.9 Å². The van der Waals surface area contributed by atoms with Gasteiger partial charge in [0, 0.05) is 30.8 Å². The molecule has 1 aliphatic rings. The van der Waals surface area contributed by atoms with E-state index >= 15 is 0 Å². The first-order chi connectivity index (χ1) is 11.9. The zero-order chi connectivity index (χ0) is 18.4. The Kier molecular flexibility index (Phi) is 6.73. The van der Waals surface area contributed by atoms with Gasteiger partial charge in [0.15, 0.2) is 5.78 Å². The van der Waals surface area contributed by atoms with Gasteiger partial charge in [-0.25, -0.2) is 0 Å². The van der Waals surface area contributed by atoms with Crippen LogP contribution in [0.4, 0.5) is 5.69 Å². The molecule has 5 nitrogen and oxygen atoms in total. The minimum atomic E-state index is -0.0949. The summed E-state index contributed by atoms with van der Waals surface area (Å²) in [4.78, 5) is 39.6. The monoisotopic (exact) mass is 344 g/mol. The molecule has 0 N–H and O–H groups in total. The number of Topliss-reactive ketones (excluding diaryl/α,β-unsaturated/α-hetero) is 1. The third-order valence-electron chi connectivity index (χ3n) is 4.56. The quantitative estimate of drug-likeness (QED) is 0.563. The smallest absolute Gasteiger partial charge is 0.246 e. The molecule has 0 bridgehead atoms. The average Bonchev–Trinajstić information content (AvgIpc) is 2.58. The van der Waals surface area contributed by atoms with Crippen LogP contribution in [0.2, 0.25) is 0 Å². The van der Waals surface area contributed by atoms with Crippen LogP contribution in [0.5, 0.6) is 0 Å². The molecule has 2 rings (SSSR count). The lowest BCUT2D eigenvalue weighted by atomic mass is 10.0. The van der Waals surface area contributed by atoms with Crippen LogP contribution >= 0.6 is 0 Å². The van der Waals surface area contributed by atoms with E-state index in [0.29, 0.717) is 31.0 Å². The molecule has 1 aromatic rings. The maximum absolute atomic E-state index is 12.5. The Bertz CT molecular complexity index is 640. The van der Waals surface area contributed by atoms with Gasteiger partial charge in [-0.2, -0.15) is 0 Å². The molecule has 2 amide bonds. The van der Waals surface area contributed by atoms with Crippen molar-refractivity contribution in [3.8, 4) is 0 Å². The molecule has 1 heterocycles. The highest BCUT2D eigenvalue weighted by Gasteiger charge is 2.27. The SMILES string of the molecule is CC(=O)c1cccc(N2CCN(C(=O)CCCCC(C)C)CC2=O)c1. The summed E-state index contributed by atoms with van der Waals surface area (Å²) in [7, 11) is 0. The predicted octanol–water partition coefficient (Wildman–Crippen LogP) is 3.28. The van der Waals surface area contributed by atoms with Gasteiger partial charge < -0.3 is 9.80 Å². The molecule has 5 heteroatoms. The van der Waals surface area contributed by atoms with Crippen LogP contribution in [0.1, 0.15) is 56.8 Å². The number of benzene rings is 1. The van der Waals surface area contributed by atoms with Crippen LogP contribution in [0.15, 0.2) is 24.3 Å². The fourth-order valence-corrected chi connectivity index (χ4v) is 3.04. The molecule has 1 fully saturated rings. The number of ketones is 1. The van der Waals surface area contributed by atoms with Crippen molar-refractivity contribution in [2.45, 2.75) is 46.5 Å². The molecular formula is C20H28N2O3. The predicted molar refractivity (Wildman–Crippen MR) is 98.7 cm³/mol. The van der Waals surface area contributed by atoms with Crippen molar-refractivity contribution in [3.63, 3.8) is 0 Å². The Morgan fingerprint density at radius 3 is 2.56 bits per heavy atom. The van der Waals surface area contributed by atoms with Gasteiger partial charge in [-0.15, -0.1) is 0 Å². The van der Waals surface area contributed by atoms with E-state index in [1.165, 1.54) is 6.92 Å². The summed E-state index contributed by atoms with van der Waals surface area (Å²) in [6.07, 6.45) is 3.58. The number of carbonyl (C=O) groups excluding carboxylic acids is 3. The molecule has 1 aromatic carbocycles. The summed E-state index contributed by atoms with van der Waals surface area (Å²) in [5.74, 6) is 0.604. The Morgan fingerprint density at radius 1 is 1.16 bits per heavy atom. The molecule has 25 heavy (non-hydrogen) atoms. The molecule has 0 aromatic heterocycles. The molecule has 0 unspecified atom stereocenters. The lowest BCUT2D eigenvalue weighted by Gasteiger charge is -2.34. The van der Waals surface area contributed by atoms with Gasteiger partial charge in [0.2, 0.25) is 11.8 Å². The zero-order valence-electron chi connectivity index (χ0n) is 15.5. The van der Waals surface area contributed by atoms with Gasteiger partial charge in [0.1, 0.15) is 6.54 Å². The second-order valence-electron chi connectivity index (χ2n) is 7.11. The summed E-state index contributed by atoms with van der Waals surface area (Å²) in [5, 5.41) is 0.